The molecular formula is C16H18FNO. The molecule has 2 rings (SSSR count). The highest BCUT2D eigenvalue weighted by Crippen LogP contribution is 2.09. The minimum absolute atomic E-state index is 0.153. The Bertz CT molecular complexity index is 513. The van der Waals surface area contributed by atoms with Crippen molar-refractivity contribution >= 4 is 0 Å². The second-order valence-corrected chi connectivity index (χ2v) is 4.42. The number of rotatable bonds is 6. The minimum Gasteiger partial charge on any atom is -0.492 e. The lowest BCUT2D eigenvalue weighted by Crippen LogP contribution is -2.20. The van der Waals surface area contributed by atoms with Gasteiger partial charge in [0, 0.05) is 13.1 Å². The summed E-state index contributed by atoms with van der Waals surface area (Å²) in [4.78, 5) is 0. The average Bonchev–Trinajstić information content (AvgIpc) is 2.43. The summed E-state index contributed by atoms with van der Waals surface area (Å²) in [5.74, 6) is 0.713. The van der Waals surface area contributed by atoms with Gasteiger partial charge in [0.25, 0.3) is 0 Å². The number of halogens is 1. The number of hydrogen-bond acceptors (Lipinski definition) is 2. The molecule has 2 nitrogen and oxygen atoms in total. The Morgan fingerprint density at radius 2 is 1.89 bits per heavy atom. The van der Waals surface area contributed by atoms with E-state index in [1.54, 1.807) is 19.1 Å². The zero-order chi connectivity index (χ0) is 13.5. The van der Waals surface area contributed by atoms with Crippen LogP contribution in [0.2, 0.25) is 0 Å². The Balaban J connectivity index is 1.68. The maximum Gasteiger partial charge on any atom is 0.126 e. The Labute approximate surface area is 113 Å². The van der Waals surface area contributed by atoms with Crippen LogP contribution in [-0.4, -0.2) is 13.2 Å². The van der Waals surface area contributed by atoms with Crippen molar-refractivity contribution in [3.05, 3.63) is 65.5 Å². The standard InChI is InChI=1S/C16H18FNO/c1-13-7-8-14(11-16(13)17)12-18-9-10-19-15-5-3-2-4-6-15/h2-8,11,18H,9-10,12H2,1H3. The predicted molar refractivity (Wildman–Crippen MR) is 74.8 cm³/mol. The molecule has 2 aromatic carbocycles. The van der Waals surface area contributed by atoms with E-state index in [0.717, 1.165) is 17.9 Å². The molecule has 0 aromatic heterocycles. The largest absolute Gasteiger partial charge is 0.492 e. The SMILES string of the molecule is Cc1ccc(CNCCOc2ccccc2)cc1F. The van der Waals surface area contributed by atoms with Crippen LogP contribution in [0.3, 0.4) is 0 Å². The smallest absolute Gasteiger partial charge is 0.126 e. The van der Waals surface area contributed by atoms with Crippen molar-refractivity contribution in [1.29, 1.82) is 0 Å². The van der Waals surface area contributed by atoms with E-state index in [4.69, 9.17) is 4.74 Å². The first-order chi connectivity index (χ1) is 9.25. The summed E-state index contributed by atoms with van der Waals surface area (Å²) in [5.41, 5.74) is 1.62. The monoisotopic (exact) mass is 259 g/mol. The van der Waals surface area contributed by atoms with E-state index in [0.29, 0.717) is 18.7 Å². The number of hydrogen-bond donors (Lipinski definition) is 1. The van der Waals surface area contributed by atoms with Crippen LogP contribution in [-0.2, 0) is 6.54 Å². The number of nitrogens with one attached hydrogen (secondary N) is 1. The van der Waals surface area contributed by atoms with Gasteiger partial charge >= 0.3 is 0 Å². The number of ether oxygens (including phenoxy) is 1. The van der Waals surface area contributed by atoms with Gasteiger partial charge in [0.15, 0.2) is 0 Å². The second kappa shape index (κ2) is 6.90. The van der Waals surface area contributed by atoms with Gasteiger partial charge in [0.2, 0.25) is 0 Å². The topological polar surface area (TPSA) is 21.3 Å². The van der Waals surface area contributed by atoms with E-state index < -0.39 is 0 Å². The van der Waals surface area contributed by atoms with Crippen LogP contribution in [0.5, 0.6) is 5.75 Å². The van der Waals surface area contributed by atoms with Crippen LogP contribution < -0.4 is 10.1 Å². The molecule has 0 radical (unpaired) electrons. The summed E-state index contributed by atoms with van der Waals surface area (Å²) in [6.45, 7) is 3.73. The lowest BCUT2D eigenvalue weighted by atomic mass is 10.1. The van der Waals surface area contributed by atoms with Gasteiger partial charge in [-0.1, -0.05) is 30.3 Å². The molecule has 2 aromatic rings. The highest BCUT2D eigenvalue weighted by Gasteiger charge is 1.99. The number of para-hydroxylation sites is 1. The van der Waals surface area contributed by atoms with Gasteiger partial charge in [-0.3, -0.25) is 0 Å². The predicted octanol–water partition coefficient (Wildman–Crippen LogP) is 3.30. The van der Waals surface area contributed by atoms with E-state index in [1.165, 1.54) is 0 Å². The second-order valence-electron chi connectivity index (χ2n) is 4.42. The third kappa shape index (κ3) is 4.38. The third-order valence-corrected chi connectivity index (χ3v) is 2.86. The molecular weight excluding hydrogens is 241 g/mol. The molecule has 0 heterocycles. The maximum absolute atomic E-state index is 13.3. The van der Waals surface area contributed by atoms with Crippen LogP contribution in [0, 0.1) is 12.7 Å². The molecule has 0 aliphatic rings. The van der Waals surface area contributed by atoms with Gasteiger partial charge < -0.3 is 10.1 Å². The van der Waals surface area contributed by atoms with E-state index in [9.17, 15) is 4.39 Å². The van der Waals surface area contributed by atoms with Gasteiger partial charge in [-0.15, -0.1) is 0 Å². The van der Waals surface area contributed by atoms with Crippen LogP contribution in [0.1, 0.15) is 11.1 Å². The molecule has 0 aliphatic heterocycles. The zero-order valence-electron chi connectivity index (χ0n) is 11.0. The van der Waals surface area contributed by atoms with Crippen molar-refractivity contribution in [2.45, 2.75) is 13.5 Å². The molecule has 0 atom stereocenters. The summed E-state index contributed by atoms with van der Waals surface area (Å²) in [6.07, 6.45) is 0. The first-order valence-corrected chi connectivity index (χ1v) is 6.39. The fourth-order valence-corrected chi connectivity index (χ4v) is 1.74. The molecule has 1 N–H and O–H groups in total. The molecule has 0 bridgehead atoms. The van der Waals surface area contributed by atoms with E-state index in [2.05, 4.69) is 5.32 Å². The van der Waals surface area contributed by atoms with Crippen LogP contribution in [0.25, 0.3) is 0 Å². The molecule has 3 heteroatoms. The fraction of sp³-hybridized carbons (Fsp3) is 0.250. The lowest BCUT2D eigenvalue weighted by molar-refractivity contribution is 0.313. The van der Waals surface area contributed by atoms with Crippen LogP contribution in [0.15, 0.2) is 48.5 Å². The minimum atomic E-state index is -0.153. The highest BCUT2D eigenvalue weighted by molar-refractivity contribution is 5.23. The molecule has 19 heavy (non-hydrogen) atoms. The summed E-state index contributed by atoms with van der Waals surface area (Å²) in [6, 6.07) is 15.0. The van der Waals surface area contributed by atoms with Gasteiger partial charge in [-0.05, 0) is 36.2 Å². The molecule has 0 aliphatic carbocycles. The molecule has 100 valence electrons. The Morgan fingerprint density at radius 1 is 1.11 bits per heavy atom. The highest BCUT2D eigenvalue weighted by atomic mass is 19.1. The first kappa shape index (κ1) is 13.6. The van der Waals surface area contributed by atoms with Gasteiger partial charge in [-0.25, -0.2) is 4.39 Å². The summed E-state index contributed by atoms with van der Waals surface area (Å²) < 4.78 is 18.9. The van der Waals surface area contributed by atoms with Crippen molar-refractivity contribution < 1.29 is 9.13 Å². The van der Waals surface area contributed by atoms with Gasteiger partial charge in [0.05, 0.1) is 0 Å². The summed E-state index contributed by atoms with van der Waals surface area (Å²) in [7, 11) is 0. The van der Waals surface area contributed by atoms with E-state index in [1.807, 2.05) is 36.4 Å². The van der Waals surface area contributed by atoms with Gasteiger partial charge in [0.1, 0.15) is 18.2 Å². The Morgan fingerprint density at radius 3 is 2.63 bits per heavy atom. The quantitative estimate of drug-likeness (QED) is 0.804. The molecule has 0 fully saturated rings. The zero-order valence-corrected chi connectivity index (χ0v) is 11.0. The summed E-state index contributed by atoms with van der Waals surface area (Å²) in [5, 5.41) is 3.23. The molecule has 0 amide bonds. The first-order valence-electron chi connectivity index (χ1n) is 6.39. The molecule has 0 unspecified atom stereocenters. The number of benzene rings is 2. The van der Waals surface area contributed by atoms with Crippen LogP contribution in [0.4, 0.5) is 4.39 Å². The molecule has 0 saturated heterocycles. The molecule has 0 spiro atoms. The average molecular weight is 259 g/mol. The Kier molecular flexibility index (Phi) is 4.93. The van der Waals surface area contributed by atoms with Gasteiger partial charge in [-0.2, -0.15) is 0 Å². The van der Waals surface area contributed by atoms with E-state index in [-0.39, 0.29) is 5.82 Å². The normalized spacial score (nSPS) is 10.4. The third-order valence-electron chi connectivity index (χ3n) is 2.86. The molecule has 0 saturated carbocycles. The van der Waals surface area contributed by atoms with Crippen molar-refractivity contribution in [2.75, 3.05) is 13.2 Å². The van der Waals surface area contributed by atoms with Crippen LogP contribution >= 0.6 is 0 Å². The number of aryl methyl sites for hydroxylation is 1. The van der Waals surface area contributed by atoms with Crippen molar-refractivity contribution in [1.82, 2.24) is 5.32 Å². The Hall–Kier alpha value is -1.87. The lowest BCUT2D eigenvalue weighted by Gasteiger charge is -2.08. The summed E-state index contributed by atoms with van der Waals surface area (Å²) >= 11 is 0. The maximum atomic E-state index is 13.3. The van der Waals surface area contributed by atoms with Crippen molar-refractivity contribution in [3.63, 3.8) is 0 Å². The van der Waals surface area contributed by atoms with Crippen molar-refractivity contribution in [3.8, 4) is 5.75 Å². The van der Waals surface area contributed by atoms with Crippen molar-refractivity contribution in [2.24, 2.45) is 0 Å². The van der Waals surface area contributed by atoms with E-state index >= 15 is 0 Å². The fourth-order valence-electron chi connectivity index (χ4n) is 1.74.